The molecule has 28 heavy (non-hydrogen) atoms. The molecule has 4 N–H and O–H groups in total. The monoisotopic (exact) mass is 396 g/mol. The number of rotatable bonds is 8. The number of anilines is 5. The van der Waals surface area contributed by atoms with Crippen molar-refractivity contribution >= 4 is 39.8 Å². The molecule has 3 rings (SSSR count). The molecule has 0 amide bonds. The molecule has 0 bridgehead atoms. The number of nitrogens with two attached hydrogens (primary N) is 1. The van der Waals surface area contributed by atoms with Crippen LogP contribution in [0.1, 0.15) is 5.56 Å². The van der Waals surface area contributed by atoms with E-state index in [0.717, 1.165) is 34.9 Å². The van der Waals surface area contributed by atoms with E-state index in [-0.39, 0.29) is 0 Å². The van der Waals surface area contributed by atoms with E-state index in [9.17, 15) is 4.21 Å². The van der Waals surface area contributed by atoms with Crippen LogP contribution in [-0.4, -0.2) is 34.0 Å². The number of benzene rings is 2. The molecule has 0 saturated carbocycles. The molecule has 0 aliphatic heterocycles. The van der Waals surface area contributed by atoms with Crippen molar-refractivity contribution in [3.05, 3.63) is 66.4 Å². The van der Waals surface area contributed by atoms with Crippen LogP contribution >= 0.6 is 0 Å². The lowest BCUT2D eigenvalue weighted by Crippen LogP contribution is -2.15. The summed E-state index contributed by atoms with van der Waals surface area (Å²) in [5.41, 5.74) is 9.49. The second-order valence-electron chi connectivity index (χ2n) is 6.21. The first kappa shape index (κ1) is 19.8. The van der Waals surface area contributed by atoms with Crippen molar-refractivity contribution in [3.63, 3.8) is 0 Å². The largest absolute Gasteiger partial charge is 0.399 e. The summed E-state index contributed by atoms with van der Waals surface area (Å²) in [4.78, 5) is 10.9. The van der Waals surface area contributed by atoms with E-state index in [1.165, 1.54) is 0 Å². The van der Waals surface area contributed by atoms with E-state index >= 15 is 0 Å². The molecule has 0 aliphatic carbocycles. The van der Waals surface area contributed by atoms with Crippen LogP contribution in [0.4, 0.5) is 28.8 Å². The van der Waals surface area contributed by atoms with Gasteiger partial charge in [0.1, 0.15) is 5.82 Å². The van der Waals surface area contributed by atoms with Gasteiger partial charge in [0, 0.05) is 36.1 Å². The quantitative estimate of drug-likeness (QED) is 0.507. The van der Waals surface area contributed by atoms with Crippen molar-refractivity contribution in [2.75, 3.05) is 35.8 Å². The lowest BCUT2D eigenvalue weighted by atomic mass is 10.1. The van der Waals surface area contributed by atoms with E-state index in [2.05, 4.69) is 20.0 Å². The summed E-state index contributed by atoms with van der Waals surface area (Å²) in [5.74, 6) is 1.88. The molecule has 0 fully saturated rings. The Hall–Kier alpha value is -2.97. The van der Waals surface area contributed by atoms with Crippen molar-refractivity contribution < 1.29 is 4.21 Å². The van der Waals surface area contributed by atoms with Crippen molar-refractivity contribution in [1.82, 2.24) is 14.7 Å². The van der Waals surface area contributed by atoms with E-state index in [1.54, 1.807) is 13.2 Å². The molecule has 7 nitrogen and oxygen atoms in total. The van der Waals surface area contributed by atoms with E-state index in [0.29, 0.717) is 11.7 Å². The Balaban J connectivity index is 1.67. The lowest BCUT2D eigenvalue weighted by Gasteiger charge is -2.19. The van der Waals surface area contributed by atoms with Gasteiger partial charge in [-0.2, -0.15) is 4.98 Å². The first-order chi connectivity index (χ1) is 13.5. The molecular weight excluding hydrogens is 372 g/mol. The number of aryl methyl sites for hydroxylation is 1. The van der Waals surface area contributed by atoms with Gasteiger partial charge in [-0.3, -0.25) is 0 Å². The van der Waals surface area contributed by atoms with Gasteiger partial charge in [0.25, 0.3) is 0 Å². The van der Waals surface area contributed by atoms with Crippen LogP contribution in [0.3, 0.4) is 0 Å². The van der Waals surface area contributed by atoms with Gasteiger partial charge in [-0.05, 0) is 61.5 Å². The van der Waals surface area contributed by atoms with Gasteiger partial charge < -0.3 is 16.0 Å². The average Bonchev–Trinajstić information content (AvgIpc) is 2.73. The maximum Gasteiger partial charge on any atom is 0.229 e. The third kappa shape index (κ3) is 5.28. The highest BCUT2D eigenvalue weighted by Gasteiger charge is 2.07. The summed E-state index contributed by atoms with van der Waals surface area (Å²) in [6.07, 6.45) is 2.48. The fourth-order valence-corrected chi connectivity index (χ4v) is 3.25. The minimum Gasteiger partial charge on any atom is -0.399 e. The molecule has 8 heteroatoms. The lowest BCUT2D eigenvalue weighted by molar-refractivity contribution is 0.677. The standard InChI is InChI=1S/C20H24N6OS/c1-22-28(27)14-12-15-3-7-17(8-4-15)24-20-23-13-11-19(25-20)26(2)18-9-5-16(21)6-10-18/h3-11,13,22H,12,14,21H2,1-2H3,(H,23,24,25). The van der Waals surface area contributed by atoms with Gasteiger partial charge in [0.05, 0.1) is 11.0 Å². The molecule has 146 valence electrons. The normalized spacial score (nSPS) is 11.8. The minimum absolute atomic E-state index is 0.517. The molecule has 0 saturated heterocycles. The molecule has 1 heterocycles. The van der Waals surface area contributed by atoms with Crippen LogP contribution in [0.2, 0.25) is 0 Å². The number of nitrogens with one attached hydrogen (secondary N) is 2. The Labute approximate surface area is 167 Å². The summed E-state index contributed by atoms with van der Waals surface area (Å²) >= 11 is 0. The van der Waals surface area contributed by atoms with Gasteiger partial charge in [-0.15, -0.1) is 0 Å². The SMILES string of the molecule is CNS(=O)CCc1ccc(Nc2nccc(N(C)c3ccc(N)cc3)n2)cc1. The highest BCUT2D eigenvalue weighted by Crippen LogP contribution is 2.24. The second kappa shape index (κ2) is 9.29. The zero-order valence-electron chi connectivity index (χ0n) is 15.9. The number of hydrogen-bond donors (Lipinski definition) is 3. The highest BCUT2D eigenvalue weighted by molar-refractivity contribution is 7.82. The minimum atomic E-state index is -0.986. The number of nitrogen functional groups attached to an aromatic ring is 1. The molecule has 1 unspecified atom stereocenters. The predicted molar refractivity (Wildman–Crippen MR) is 116 cm³/mol. The summed E-state index contributed by atoms with van der Waals surface area (Å²) < 4.78 is 14.2. The fourth-order valence-electron chi connectivity index (χ4n) is 2.62. The molecule has 0 radical (unpaired) electrons. The Bertz CT molecular complexity index is 930. The molecular formula is C20H24N6OS. The molecule has 1 aromatic heterocycles. The van der Waals surface area contributed by atoms with Crippen LogP contribution in [0.15, 0.2) is 60.8 Å². The van der Waals surface area contributed by atoms with Crippen molar-refractivity contribution in [1.29, 1.82) is 0 Å². The zero-order valence-corrected chi connectivity index (χ0v) is 16.7. The topological polar surface area (TPSA) is 96.2 Å². The fraction of sp³-hybridized carbons (Fsp3) is 0.200. The first-order valence-electron chi connectivity index (χ1n) is 8.89. The van der Waals surface area contributed by atoms with E-state index < -0.39 is 11.0 Å². The van der Waals surface area contributed by atoms with Crippen LogP contribution in [-0.2, 0) is 17.4 Å². The van der Waals surface area contributed by atoms with Gasteiger partial charge in [-0.1, -0.05) is 12.1 Å². The summed E-state index contributed by atoms with van der Waals surface area (Å²) in [7, 11) is 2.66. The number of aromatic nitrogens is 2. The molecule has 1 atom stereocenters. The Morgan fingerprint density at radius 2 is 1.79 bits per heavy atom. The Morgan fingerprint density at radius 3 is 2.46 bits per heavy atom. The van der Waals surface area contributed by atoms with Crippen molar-refractivity contribution in [2.45, 2.75) is 6.42 Å². The maximum atomic E-state index is 11.5. The van der Waals surface area contributed by atoms with Crippen LogP contribution in [0, 0.1) is 0 Å². The van der Waals surface area contributed by atoms with Crippen LogP contribution < -0.4 is 20.7 Å². The van der Waals surface area contributed by atoms with Gasteiger partial charge in [0.2, 0.25) is 5.95 Å². The van der Waals surface area contributed by atoms with Crippen molar-refractivity contribution in [2.24, 2.45) is 0 Å². The summed E-state index contributed by atoms with van der Waals surface area (Å²) in [5, 5.41) is 3.22. The Morgan fingerprint density at radius 1 is 1.07 bits per heavy atom. The van der Waals surface area contributed by atoms with Crippen LogP contribution in [0.5, 0.6) is 0 Å². The third-order valence-corrected chi connectivity index (χ3v) is 5.31. The maximum absolute atomic E-state index is 11.5. The third-order valence-electron chi connectivity index (χ3n) is 4.28. The molecule has 3 aromatic rings. The first-order valence-corrected chi connectivity index (χ1v) is 10.2. The number of hydrogen-bond acceptors (Lipinski definition) is 6. The zero-order chi connectivity index (χ0) is 19.9. The van der Waals surface area contributed by atoms with Gasteiger partial charge in [0.15, 0.2) is 0 Å². The molecule has 2 aromatic carbocycles. The van der Waals surface area contributed by atoms with E-state index in [4.69, 9.17) is 5.73 Å². The highest BCUT2D eigenvalue weighted by atomic mass is 32.2. The molecule has 0 aliphatic rings. The Kier molecular flexibility index (Phi) is 6.57. The summed E-state index contributed by atoms with van der Waals surface area (Å²) in [6, 6.07) is 17.4. The molecule has 0 spiro atoms. The van der Waals surface area contributed by atoms with Crippen molar-refractivity contribution in [3.8, 4) is 0 Å². The number of nitrogens with zero attached hydrogens (tertiary/aromatic N) is 3. The smallest absolute Gasteiger partial charge is 0.229 e. The van der Waals surface area contributed by atoms with Gasteiger partial charge >= 0.3 is 0 Å². The van der Waals surface area contributed by atoms with E-state index in [1.807, 2.05) is 66.5 Å². The second-order valence-corrected chi connectivity index (χ2v) is 7.72. The average molecular weight is 397 g/mol. The van der Waals surface area contributed by atoms with Crippen LogP contribution in [0.25, 0.3) is 0 Å². The van der Waals surface area contributed by atoms with Gasteiger partial charge in [-0.25, -0.2) is 13.9 Å². The summed E-state index contributed by atoms with van der Waals surface area (Å²) in [6.45, 7) is 0. The predicted octanol–water partition coefficient (Wildman–Crippen LogP) is 3.00.